The molecular weight excluding hydrogens is 653 g/mol. The molecule has 0 saturated carbocycles. The zero-order valence-electron chi connectivity index (χ0n) is 31.1. The summed E-state index contributed by atoms with van der Waals surface area (Å²) in [5, 5.41) is 5.03. The molecule has 54 heavy (non-hydrogen) atoms. The molecule has 10 rings (SSSR count). The fourth-order valence-corrected chi connectivity index (χ4v) is 8.75. The lowest BCUT2D eigenvalue weighted by atomic mass is 10.00. The first-order valence-corrected chi connectivity index (χ1v) is 18.8. The normalized spacial score (nSPS) is 11.7. The van der Waals surface area contributed by atoms with Gasteiger partial charge in [-0.05, 0) is 122 Å². The first-order valence-electron chi connectivity index (χ1n) is 18.8. The third-order valence-electron chi connectivity index (χ3n) is 11.0. The van der Waals surface area contributed by atoms with Crippen LogP contribution < -0.4 is 0 Å². The van der Waals surface area contributed by atoms with Crippen molar-refractivity contribution in [3.8, 4) is 44.8 Å². The molecule has 2 nitrogen and oxygen atoms in total. The minimum Gasteiger partial charge on any atom is -0.309 e. The zero-order chi connectivity index (χ0) is 36.5. The maximum absolute atomic E-state index is 2.40. The third kappa shape index (κ3) is 5.33. The van der Waals surface area contributed by atoms with Crippen LogP contribution in [0.25, 0.3) is 88.4 Å². The van der Waals surface area contributed by atoms with E-state index in [9.17, 15) is 0 Å². The Kier molecular flexibility index (Phi) is 7.42. The van der Waals surface area contributed by atoms with Crippen LogP contribution in [-0.2, 0) is 0 Å². The number of aryl methyl sites for hydroxylation is 4. The zero-order valence-corrected chi connectivity index (χ0v) is 31.1. The molecule has 0 fully saturated rings. The standard InChI is InChI=1S/C52H40N2/c1-33-25-34(2)28-41(27-33)37-13-19-43(20-14-37)53-49-11-7-5-9-45(49)47-31-39(17-23-51(47)53)40-18-24-52-48(32-40)46-10-6-8-12-50(46)54(52)44-21-15-38(16-22-44)42-29-35(3)26-36(4)30-42/h5-32H,1-4H3. The summed E-state index contributed by atoms with van der Waals surface area (Å²) in [5.41, 5.74) is 19.8. The Hall–Kier alpha value is -6.64. The van der Waals surface area contributed by atoms with Gasteiger partial charge in [0.2, 0.25) is 0 Å². The lowest BCUT2D eigenvalue weighted by molar-refractivity contribution is 1.18. The van der Waals surface area contributed by atoms with Gasteiger partial charge in [0.15, 0.2) is 0 Å². The molecule has 0 atom stereocenters. The van der Waals surface area contributed by atoms with Crippen molar-refractivity contribution in [2.45, 2.75) is 27.7 Å². The van der Waals surface area contributed by atoms with Gasteiger partial charge in [0.05, 0.1) is 22.1 Å². The fraction of sp³-hybridized carbons (Fsp3) is 0.0769. The second-order valence-corrected chi connectivity index (χ2v) is 15.0. The van der Waals surface area contributed by atoms with E-state index in [0.29, 0.717) is 0 Å². The lowest BCUT2D eigenvalue weighted by Crippen LogP contribution is -1.94. The predicted molar refractivity (Wildman–Crippen MR) is 230 cm³/mol. The van der Waals surface area contributed by atoms with E-state index >= 15 is 0 Å². The van der Waals surface area contributed by atoms with Crippen molar-refractivity contribution in [1.29, 1.82) is 0 Å². The van der Waals surface area contributed by atoms with Gasteiger partial charge in [-0.2, -0.15) is 0 Å². The molecule has 0 aliphatic carbocycles. The van der Waals surface area contributed by atoms with E-state index < -0.39 is 0 Å². The highest BCUT2D eigenvalue weighted by molar-refractivity contribution is 6.12. The summed E-state index contributed by atoms with van der Waals surface area (Å²) in [5.74, 6) is 0. The average Bonchev–Trinajstić information content (AvgIpc) is 3.69. The number of rotatable bonds is 5. The molecule has 2 heteroatoms. The van der Waals surface area contributed by atoms with E-state index in [2.05, 4.69) is 207 Å². The molecule has 0 amide bonds. The summed E-state index contributed by atoms with van der Waals surface area (Å²) >= 11 is 0. The van der Waals surface area contributed by atoms with Crippen molar-refractivity contribution >= 4 is 43.6 Å². The minimum absolute atomic E-state index is 1.17. The van der Waals surface area contributed by atoms with Gasteiger partial charge in [0.25, 0.3) is 0 Å². The van der Waals surface area contributed by atoms with Crippen LogP contribution in [0.4, 0.5) is 0 Å². The van der Waals surface area contributed by atoms with Gasteiger partial charge in [-0.15, -0.1) is 0 Å². The Morgan fingerprint density at radius 2 is 0.593 bits per heavy atom. The van der Waals surface area contributed by atoms with E-state index in [-0.39, 0.29) is 0 Å². The van der Waals surface area contributed by atoms with Crippen molar-refractivity contribution in [2.24, 2.45) is 0 Å². The molecule has 0 aliphatic heterocycles. The van der Waals surface area contributed by atoms with Gasteiger partial charge in [0, 0.05) is 32.9 Å². The summed E-state index contributed by atoms with van der Waals surface area (Å²) in [4.78, 5) is 0. The van der Waals surface area contributed by atoms with Crippen LogP contribution in [0.1, 0.15) is 22.3 Å². The number of fused-ring (bicyclic) bond motifs is 6. The number of hydrogen-bond acceptors (Lipinski definition) is 0. The van der Waals surface area contributed by atoms with E-state index in [1.807, 2.05) is 0 Å². The Bertz CT molecular complexity index is 2810. The highest BCUT2D eigenvalue weighted by Gasteiger charge is 2.16. The molecule has 2 aromatic heterocycles. The van der Waals surface area contributed by atoms with Gasteiger partial charge >= 0.3 is 0 Å². The highest BCUT2D eigenvalue weighted by atomic mass is 15.0. The van der Waals surface area contributed by atoms with Crippen molar-refractivity contribution in [1.82, 2.24) is 9.13 Å². The second kappa shape index (κ2) is 12.5. The average molecular weight is 693 g/mol. The summed E-state index contributed by atoms with van der Waals surface area (Å²) in [6.07, 6.45) is 0. The number of nitrogens with zero attached hydrogens (tertiary/aromatic N) is 2. The summed E-state index contributed by atoms with van der Waals surface area (Å²) in [6.45, 7) is 8.67. The molecule has 0 aliphatic rings. The van der Waals surface area contributed by atoms with E-state index in [1.54, 1.807) is 0 Å². The van der Waals surface area contributed by atoms with E-state index in [0.717, 1.165) is 0 Å². The number of aromatic nitrogens is 2. The van der Waals surface area contributed by atoms with Gasteiger partial charge in [-0.3, -0.25) is 0 Å². The number of hydrogen-bond donors (Lipinski definition) is 0. The maximum Gasteiger partial charge on any atom is 0.0541 e. The van der Waals surface area contributed by atoms with Crippen molar-refractivity contribution in [2.75, 3.05) is 0 Å². The summed E-state index contributed by atoms with van der Waals surface area (Å²) in [6, 6.07) is 63.1. The molecule has 0 bridgehead atoms. The molecule has 10 aromatic rings. The monoisotopic (exact) mass is 692 g/mol. The molecular formula is C52H40N2. The quantitative estimate of drug-likeness (QED) is 0.170. The van der Waals surface area contributed by atoms with Gasteiger partial charge in [0.1, 0.15) is 0 Å². The molecule has 0 spiro atoms. The van der Waals surface area contributed by atoms with Crippen molar-refractivity contribution < 1.29 is 0 Å². The van der Waals surface area contributed by atoms with Crippen LogP contribution in [0.3, 0.4) is 0 Å². The Labute approximate surface area is 316 Å². The Balaban J connectivity index is 1.06. The van der Waals surface area contributed by atoms with Gasteiger partial charge < -0.3 is 9.13 Å². The van der Waals surface area contributed by atoms with Crippen molar-refractivity contribution in [3.63, 3.8) is 0 Å². The van der Waals surface area contributed by atoms with Crippen LogP contribution in [0.2, 0.25) is 0 Å². The third-order valence-corrected chi connectivity index (χ3v) is 11.0. The summed E-state index contributed by atoms with van der Waals surface area (Å²) in [7, 11) is 0. The number of benzene rings is 8. The molecule has 2 heterocycles. The van der Waals surface area contributed by atoms with Crippen LogP contribution in [0.15, 0.2) is 170 Å². The predicted octanol–water partition coefficient (Wildman–Crippen LogP) is 14.1. The molecule has 8 aromatic carbocycles. The lowest BCUT2D eigenvalue weighted by Gasteiger charge is -2.11. The van der Waals surface area contributed by atoms with E-state index in [1.165, 1.54) is 111 Å². The fourth-order valence-electron chi connectivity index (χ4n) is 8.75. The van der Waals surface area contributed by atoms with Gasteiger partial charge in [-0.1, -0.05) is 131 Å². The molecule has 258 valence electrons. The number of para-hydroxylation sites is 2. The molecule has 0 unspecified atom stereocenters. The smallest absolute Gasteiger partial charge is 0.0541 e. The molecule has 0 N–H and O–H groups in total. The van der Waals surface area contributed by atoms with Crippen LogP contribution >= 0.6 is 0 Å². The van der Waals surface area contributed by atoms with E-state index in [4.69, 9.17) is 0 Å². The SMILES string of the molecule is Cc1cc(C)cc(-c2ccc(-n3c4ccccc4c4cc(-c5ccc6c(c5)c5ccccc5n6-c5ccc(-c6cc(C)cc(C)c6)cc5)ccc43)cc2)c1. The largest absolute Gasteiger partial charge is 0.309 e. The summed E-state index contributed by atoms with van der Waals surface area (Å²) < 4.78 is 4.81. The Morgan fingerprint density at radius 1 is 0.259 bits per heavy atom. The Morgan fingerprint density at radius 3 is 0.981 bits per heavy atom. The first-order chi connectivity index (χ1) is 26.4. The first kappa shape index (κ1) is 32.0. The topological polar surface area (TPSA) is 9.86 Å². The molecule has 0 saturated heterocycles. The van der Waals surface area contributed by atoms with Crippen molar-refractivity contribution in [3.05, 3.63) is 192 Å². The van der Waals surface area contributed by atoms with Crippen LogP contribution in [-0.4, -0.2) is 9.13 Å². The maximum atomic E-state index is 2.40. The van der Waals surface area contributed by atoms with Gasteiger partial charge in [-0.25, -0.2) is 0 Å². The van der Waals surface area contributed by atoms with Crippen LogP contribution in [0, 0.1) is 27.7 Å². The molecule has 0 radical (unpaired) electrons. The second-order valence-electron chi connectivity index (χ2n) is 15.0. The highest BCUT2D eigenvalue weighted by Crippen LogP contribution is 2.39. The minimum atomic E-state index is 1.17. The van der Waals surface area contributed by atoms with Crippen LogP contribution in [0.5, 0.6) is 0 Å².